The van der Waals surface area contributed by atoms with Gasteiger partial charge in [-0.25, -0.2) is 0 Å². The number of carbonyl (C=O) groups is 1. The Morgan fingerprint density at radius 1 is 1.20 bits per heavy atom. The molecule has 0 aliphatic carbocycles. The Kier molecular flexibility index (Phi) is 5.69. The molecular weight excluding hydrogens is 266 g/mol. The van der Waals surface area contributed by atoms with Crippen molar-refractivity contribution in [1.82, 2.24) is 5.32 Å². The first-order valence-electron chi connectivity index (χ1n) is 7.19. The maximum atomic E-state index is 12.0. The fourth-order valence-electron chi connectivity index (χ4n) is 1.84. The average molecular weight is 293 g/mol. The predicted octanol–water partition coefficient (Wildman–Crippen LogP) is 4.30. The molecule has 1 amide bonds. The summed E-state index contributed by atoms with van der Waals surface area (Å²) in [5.74, 6) is 0.102. The van der Waals surface area contributed by atoms with Crippen molar-refractivity contribution >= 4 is 17.7 Å². The van der Waals surface area contributed by atoms with Crippen LogP contribution >= 0.6 is 11.8 Å². The second kappa shape index (κ2) is 6.66. The summed E-state index contributed by atoms with van der Waals surface area (Å²) in [7, 11) is 0. The van der Waals surface area contributed by atoms with Crippen molar-refractivity contribution in [3.05, 3.63) is 29.3 Å². The fraction of sp³-hybridized carbons (Fsp3) is 0.588. The summed E-state index contributed by atoms with van der Waals surface area (Å²) in [6.45, 7) is 14.7. The van der Waals surface area contributed by atoms with Crippen LogP contribution in [0.15, 0.2) is 23.1 Å². The monoisotopic (exact) mass is 293 g/mol. The van der Waals surface area contributed by atoms with E-state index in [-0.39, 0.29) is 22.6 Å². The minimum absolute atomic E-state index is 0.0775. The Morgan fingerprint density at radius 2 is 1.80 bits per heavy atom. The molecule has 0 bridgehead atoms. The summed E-state index contributed by atoms with van der Waals surface area (Å²) < 4.78 is 0. The predicted molar refractivity (Wildman–Crippen MR) is 88.5 cm³/mol. The number of nitrogens with one attached hydrogen (secondary N) is 1. The Labute approximate surface area is 127 Å². The van der Waals surface area contributed by atoms with Crippen LogP contribution in [0.25, 0.3) is 0 Å². The van der Waals surface area contributed by atoms with E-state index in [1.807, 2.05) is 20.8 Å². The molecule has 0 aliphatic heterocycles. The first-order chi connectivity index (χ1) is 9.11. The van der Waals surface area contributed by atoms with Gasteiger partial charge in [0, 0.05) is 10.9 Å². The van der Waals surface area contributed by atoms with Crippen LogP contribution in [0.5, 0.6) is 0 Å². The number of carbonyl (C=O) groups excluding carboxylic acids is 1. The van der Waals surface area contributed by atoms with E-state index in [9.17, 15) is 4.79 Å². The van der Waals surface area contributed by atoms with Crippen molar-refractivity contribution in [3.63, 3.8) is 0 Å². The van der Waals surface area contributed by atoms with Crippen molar-refractivity contribution in [3.8, 4) is 0 Å². The Bertz CT molecular complexity index is 474. The molecule has 20 heavy (non-hydrogen) atoms. The molecule has 3 heteroatoms. The van der Waals surface area contributed by atoms with E-state index in [1.54, 1.807) is 11.8 Å². The van der Waals surface area contributed by atoms with Crippen molar-refractivity contribution in [2.45, 2.75) is 70.1 Å². The molecule has 0 aromatic heterocycles. The molecule has 1 atom stereocenters. The molecule has 0 saturated heterocycles. The maximum Gasteiger partial charge on any atom is 0.233 e. The van der Waals surface area contributed by atoms with Gasteiger partial charge < -0.3 is 5.32 Å². The highest BCUT2D eigenvalue weighted by Crippen LogP contribution is 2.31. The van der Waals surface area contributed by atoms with Gasteiger partial charge in [-0.15, -0.1) is 11.8 Å². The van der Waals surface area contributed by atoms with Gasteiger partial charge in [0.25, 0.3) is 0 Å². The Balaban J connectivity index is 2.89. The number of hydrogen-bond donors (Lipinski definition) is 1. The van der Waals surface area contributed by atoms with Gasteiger partial charge >= 0.3 is 0 Å². The van der Waals surface area contributed by atoms with E-state index in [2.05, 4.69) is 51.2 Å². The minimum Gasteiger partial charge on any atom is -0.353 e. The van der Waals surface area contributed by atoms with Gasteiger partial charge in [-0.2, -0.15) is 0 Å². The highest BCUT2D eigenvalue weighted by atomic mass is 32.2. The highest BCUT2D eigenvalue weighted by molar-refractivity contribution is 8.00. The van der Waals surface area contributed by atoms with Gasteiger partial charge in [-0.05, 0) is 50.3 Å². The molecule has 0 radical (unpaired) electrons. The molecule has 0 spiro atoms. The lowest BCUT2D eigenvalue weighted by Gasteiger charge is -2.21. The second-order valence-corrected chi connectivity index (χ2v) is 8.04. The Morgan fingerprint density at radius 3 is 2.30 bits per heavy atom. The van der Waals surface area contributed by atoms with Crippen LogP contribution in [-0.2, 0) is 10.2 Å². The van der Waals surface area contributed by atoms with E-state index in [0.29, 0.717) is 0 Å². The molecule has 0 unspecified atom stereocenters. The normalized spacial score (nSPS) is 13.4. The van der Waals surface area contributed by atoms with Crippen molar-refractivity contribution in [1.29, 1.82) is 0 Å². The summed E-state index contributed by atoms with van der Waals surface area (Å²) in [6.07, 6.45) is 0. The molecule has 0 heterocycles. The molecule has 1 N–H and O–H groups in total. The van der Waals surface area contributed by atoms with Gasteiger partial charge in [0.15, 0.2) is 0 Å². The summed E-state index contributed by atoms with van der Waals surface area (Å²) in [4.78, 5) is 13.2. The molecule has 2 nitrogen and oxygen atoms in total. The van der Waals surface area contributed by atoms with Crippen molar-refractivity contribution in [2.75, 3.05) is 0 Å². The standard InChI is InChI=1S/C17H27NOS/c1-11(2)18-16(19)13(4)20-15-10-14(17(5,6)7)9-8-12(15)3/h8-11,13H,1-7H3,(H,18,19)/t13-/m1/s1. The Hall–Kier alpha value is -0.960. The van der Waals surface area contributed by atoms with E-state index in [4.69, 9.17) is 0 Å². The lowest BCUT2D eigenvalue weighted by atomic mass is 9.87. The summed E-state index contributed by atoms with van der Waals surface area (Å²) in [5, 5.41) is 2.89. The number of aryl methyl sites for hydroxylation is 1. The topological polar surface area (TPSA) is 29.1 Å². The molecule has 1 aromatic carbocycles. The number of amides is 1. The molecule has 0 saturated carbocycles. The van der Waals surface area contributed by atoms with Gasteiger partial charge in [0.2, 0.25) is 5.91 Å². The van der Waals surface area contributed by atoms with Crippen LogP contribution < -0.4 is 5.32 Å². The number of benzene rings is 1. The van der Waals surface area contributed by atoms with Crippen LogP contribution in [0.2, 0.25) is 0 Å². The lowest BCUT2D eigenvalue weighted by Crippen LogP contribution is -2.35. The summed E-state index contributed by atoms with van der Waals surface area (Å²) >= 11 is 1.64. The quantitative estimate of drug-likeness (QED) is 0.839. The third-order valence-electron chi connectivity index (χ3n) is 3.16. The molecule has 112 valence electrons. The fourth-order valence-corrected chi connectivity index (χ4v) is 2.84. The molecule has 1 aromatic rings. The van der Waals surface area contributed by atoms with Gasteiger partial charge in [-0.1, -0.05) is 32.9 Å². The SMILES string of the molecule is Cc1ccc(C(C)(C)C)cc1S[C@H](C)C(=O)NC(C)C. The average Bonchev–Trinajstić information content (AvgIpc) is 2.29. The van der Waals surface area contributed by atoms with E-state index >= 15 is 0 Å². The van der Waals surface area contributed by atoms with Gasteiger partial charge in [0.1, 0.15) is 0 Å². The van der Waals surface area contributed by atoms with Crippen molar-refractivity contribution in [2.24, 2.45) is 0 Å². The maximum absolute atomic E-state index is 12.0. The lowest BCUT2D eigenvalue weighted by molar-refractivity contribution is -0.120. The van der Waals surface area contributed by atoms with Crippen molar-refractivity contribution < 1.29 is 4.79 Å². The third kappa shape index (κ3) is 4.86. The molecule has 0 fully saturated rings. The van der Waals surface area contributed by atoms with E-state index < -0.39 is 0 Å². The minimum atomic E-state index is -0.0775. The first kappa shape index (κ1) is 17.1. The van der Waals surface area contributed by atoms with E-state index in [1.165, 1.54) is 16.0 Å². The van der Waals surface area contributed by atoms with Crippen LogP contribution in [0, 0.1) is 6.92 Å². The summed E-state index contributed by atoms with van der Waals surface area (Å²) in [5.41, 5.74) is 2.67. The van der Waals surface area contributed by atoms with Crippen LogP contribution in [0.4, 0.5) is 0 Å². The first-order valence-corrected chi connectivity index (χ1v) is 8.07. The smallest absolute Gasteiger partial charge is 0.233 e. The zero-order valence-corrected chi connectivity index (χ0v) is 14.5. The van der Waals surface area contributed by atoms with Crippen LogP contribution in [0.1, 0.15) is 52.7 Å². The molecule has 1 rings (SSSR count). The zero-order valence-electron chi connectivity index (χ0n) is 13.7. The molecule has 0 aliphatic rings. The third-order valence-corrected chi connectivity index (χ3v) is 4.42. The summed E-state index contributed by atoms with van der Waals surface area (Å²) in [6, 6.07) is 6.74. The van der Waals surface area contributed by atoms with Gasteiger partial charge in [-0.3, -0.25) is 4.79 Å². The highest BCUT2D eigenvalue weighted by Gasteiger charge is 2.19. The zero-order chi connectivity index (χ0) is 15.5. The second-order valence-electron chi connectivity index (χ2n) is 6.65. The number of thioether (sulfide) groups is 1. The largest absolute Gasteiger partial charge is 0.353 e. The van der Waals surface area contributed by atoms with Gasteiger partial charge in [0.05, 0.1) is 5.25 Å². The van der Waals surface area contributed by atoms with E-state index in [0.717, 1.165) is 0 Å². The van der Waals surface area contributed by atoms with Crippen LogP contribution in [0.3, 0.4) is 0 Å². The molecular formula is C17H27NOS. The van der Waals surface area contributed by atoms with Crippen LogP contribution in [-0.4, -0.2) is 17.2 Å². The number of hydrogen-bond acceptors (Lipinski definition) is 2. The number of rotatable bonds is 4.